The van der Waals surface area contributed by atoms with E-state index in [-0.39, 0.29) is 6.04 Å². The van der Waals surface area contributed by atoms with Crippen LogP contribution in [-0.2, 0) is 0 Å². The Balaban J connectivity index is 2.12. The third-order valence-electron chi connectivity index (χ3n) is 3.45. The van der Waals surface area contributed by atoms with Crippen molar-refractivity contribution in [2.45, 2.75) is 38.6 Å². The van der Waals surface area contributed by atoms with Crippen LogP contribution in [0.15, 0.2) is 12.1 Å². The molecule has 1 aliphatic rings. The number of benzene rings is 1. The van der Waals surface area contributed by atoms with Crippen molar-refractivity contribution in [2.75, 3.05) is 5.32 Å². The van der Waals surface area contributed by atoms with Crippen molar-refractivity contribution in [2.24, 2.45) is 5.92 Å². The lowest BCUT2D eigenvalue weighted by molar-refractivity contribution is 0.349. The normalized spacial score (nSPS) is 24.7. The molecule has 0 bridgehead atoms. The summed E-state index contributed by atoms with van der Waals surface area (Å²) in [4.78, 5) is 0. The first-order chi connectivity index (χ1) is 8.08. The lowest BCUT2D eigenvalue weighted by Crippen LogP contribution is -2.30. The van der Waals surface area contributed by atoms with Gasteiger partial charge in [0.25, 0.3) is 0 Å². The van der Waals surface area contributed by atoms with Crippen LogP contribution < -0.4 is 5.32 Å². The molecule has 1 saturated carbocycles. The number of hydrogen-bond acceptors (Lipinski definition) is 1. The highest BCUT2D eigenvalue weighted by Gasteiger charge is 2.21. The first kappa shape index (κ1) is 12.3. The molecular weight excluding hydrogens is 227 g/mol. The molecule has 0 heterocycles. The molecule has 0 radical (unpaired) electrons. The summed E-state index contributed by atoms with van der Waals surface area (Å²) in [5, 5.41) is 3.09. The molecule has 1 aromatic rings. The second kappa shape index (κ2) is 4.98. The molecule has 2 rings (SSSR count). The standard InChI is InChI=1S/C13H16F3N/c1-8-4-2-3-5-12(8)17-9-6-10(14)13(16)11(15)7-9/h6-8,12,17H,2-5H2,1H3. The molecule has 1 nitrogen and oxygen atoms in total. The molecule has 1 fully saturated rings. The van der Waals surface area contributed by atoms with Gasteiger partial charge in [0.05, 0.1) is 0 Å². The minimum Gasteiger partial charge on any atom is -0.382 e. The van der Waals surface area contributed by atoms with Crippen molar-refractivity contribution >= 4 is 5.69 Å². The molecule has 0 spiro atoms. The Morgan fingerprint density at radius 1 is 1.06 bits per heavy atom. The largest absolute Gasteiger partial charge is 0.382 e. The quantitative estimate of drug-likeness (QED) is 0.771. The molecule has 0 saturated heterocycles. The van der Waals surface area contributed by atoms with Crippen LogP contribution in [0.5, 0.6) is 0 Å². The third kappa shape index (κ3) is 2.73. The summed E-state index contributed by atoms with van der Waals surface area (Å²) in [7, 11) is 0. The van der Waals surface area contributed by atoms with Gasteiger partial charge in [0.1, 0.15) is 0 Å². The number of rotatable bonds is 2. The molecule has 2 atom stereocenters. The lowest BCUT2D eigenvalue weighted by atomic mass is 9.86. The molecule has 0 aliphatic heterocycles. The van der Waals surface area contributed by atoms with Crippen LogP contribution in [0.25, 0.3) is 0 Å². The zero-order valence-corrected chi connectivity index (χ0v) is 9.77. The maximum atomic E-state index is 13.0. The van der Waals surface area contributed by atoms with Crippen molar-refractivity contribution in [3.8, 4) is 0 Å². The first-order valence-electron chi connectivity index (χ1n) is 5.99. The van der Waals surface area contributed by atoms with Crippen molar-refractivity contribution in [3.05, 3.63) is 29.6 Å². The molecule has 1 N–H and O–H groups in total. The molecule has 1 aromatic carbocycles. The van der Waals surface area contributed by atoms with E-state index in [4.69, 9.17) is 0 Å². The monoisotopic (exact) mass is 243 g/mol. The first-order valence-corrected chi connectivity index (χ1v) is 5.99. The minimum absolute atomic E-state index is 0.216. The summed E-state index contributed by atoms with van der Waals surface area (Å²) in [5.41, 5.74) is 0.320. The van der Waals surface area contributed by atoms with Crippen molar-refractivity contribution < 1.29 is 13.2 Å². The Bertz CT molecular complexity index is 383. The van der Waals surface area contributed by atoms with Crippen LogP contribution >= 0.6 is 0 Å². The summed E-state index contributed by atoms with van der Waals surface area (Å²) >= 11 is 0. The zero-order valence-electron chi connectivity index (χ0n) is 9.77. The van der Waals surface area contributed by atoms with Crippen LogP contribution in [0.1, 0.15) is 32.6 Å². The van der Waals surface area contributed by atoms with Gasteiger partial charge in [-0.3, -0.25) is 0 Å². The van der Waals surface area contributed by atoms with Crippen LogP contribution in [0.4, 0.5) is 18.9 Å². The third-order valence-corrected chi connectivity index (χ3v) is 3.45. The number of nitrogens with one attached hydrogen (secondary N) is 1. The summed E-state index contributed by atoms with van der Waals surface area (Å²) < 4.78 is 38.9. The SMILES string of the molecule is CC1CCCCC1Nc1cc(F)c(F)c(F)c1. The van der Waals surface area contributed by atoms with E-state index in [0.717, 1.165) is 31.4 Å². The molecule has 1 aliphatic carbocycles. The van der Waals surface area contributed by atoms with E-state index in [1.807, 2.05) is 0 Å². The minimum atomic E-state index is -1.41. The van der Waals surface area contributed by atoms with E-state index >= 15 is 0 Å². The lowest BCUT2D eigenvalue weighted by Gasteiger charge is -2.30. The highest BCUT2D eigenvalue weighted by molar-refractivity contribution is 5.45. The average molecular weight is 243 g/mol. The molecule has 0 amide bonds. The van der Waals surface area contributed by atoms with Gasteiger partial charge >= 0.3 is 0 Å². The van der Waals surface area contributed by atoms with E-state index in [9.17, 15) is 13.2 Å². The molecule has 17 heavy (non-hydrogen) atoms. The van der Waals surface area contributed by atoms with Crippen molar-refractivity contribution in [1.82, 2.24) is 0 Å². The predicted molar refractivity (Wildman–Crippen MR) is 61.4 cm³/mol. The average Bonchev–Trinajstić information content (AvgIpc) is 2.29. The molecule has 0 aromatic heterocycles. The molecule has 2 unspecified atom stereocenters. The van der Waals surface area contributed by atoms with Gasteiger partial charge in [-0.2, -0.15) is 0 Å². The highest BCUT2D eigenvalue weighted by atomic mass is 19.2. The Kier molecular flexibility index (Phi) is 3.60. The summed E-state index contributed by atoms with van der Waals surface area (Å²) in [6, 6.07) is 2.24. The van der Waals surface area contributed by atoms with Gasteiger partial charge in [-0.25, -0.2) is 13.2 Å². The fourth-order valence-corrected chi connectivity index (χ4v) is 2.38. The fraction of sp³-hybridized carbons (Fsp3) is 0.538. The van der Waals surface area contributed by atoms with Crippen LogP contribution in [0.3, 0.4) is 0 Å². The van der Waals surface area contributed by atoms with E-state index < -0.39 is 17.5 Å². The highest BCUT2D eigenvalue weighted by Crippen LogP contribution is 2.27. The van der Waals surface area contributed by atoms with Crippen molar-refractivity contribution in [1.29, 1.82) is 0 Å². The topological polar surface area (TPSA) is 12.0 Å². The Morgan fingerprint density at radius 2 is 1.65 bits per heavy atom. The number of hydrogen-bond donors (Lipinski definition) is 1. The van der Waals surface area contributed by atoms with Gasteiger partial charge in [-0.15, -0.1) is 0 Å². The van der Waals surface area contributed by atoms with Crippen LogP contribution in [0, 0.1) is 23.4 Å². The zero-order chi connectivity index (χ0) is 12.4. The maximum Gasteiger partial charge on any atom is 0.194 e. The summed E-state index contributed by atoms with van der Waals surface area (Å²) in [5.74, 6) is -3.22. The second-order valence-electron chi connectivity index (χ2n) is 4.77. The van der Waals surface area contributed by atoms with Crippen LogP contribution in [-0.4, -0.2) is 6.04 Å². The fourth-order valence-electron chi connectivity index (χ4n) is 2.38. The van der Waals surface area contributed by atoms with Crippen molar-refractivity contribution in [3.63, 3.8) is 0 Å². The van der Waals surface area contributed by atoms with Gasteiger partial charge in [0.2, 0.25) is 0 Å². The van der Waals surface area contributed by atoms with E-state index in [2.05, 4.69) is 12.2 Å². The molecule has 94 valence electrons. The van der Waals surface area contributed by atoms with Crippen LogP contribution in [0.2, 0.25) is 0 Å². The van der Waals surface area contributed by atoms with Gasteiger partial charge < -0.3 is 5.32 Å². The van der Waals surface area contributed by atoms with E-state index in [1.165, 1.54) is 6.42 Å². The summed E-state index contributed by atoms with van der Waals surface area (Å²) in [6.07, 6.45) is 4.42. The Labute approximate surface area is 99.0 Å². The Morgan fingerprint density at radius 3 is 2.24 bits per heavy atom. The Hall–Kier alpha value is -1.19. The smallest absolute Gasteiger partial charge is 0.194 e. The second-order valence-corrected chi connectivity index (χ2v) is 4.77. The van der Waals surface area contributed by atoms with E-state index in [1.54, 1.807) is 0 Å². The molecule has 4 heteroatoms. The van der Waals surface area contributed by atoms with Gasteiger partial charge in [-0.1, -0.05) is 19.8 Å². The molecular formula is C13H16F3N. The number of anilines is 1. The summed E-state index contributed by atoms with van der Waals surface area (Å²) in [6.45, 7) is 2.12. The maximum absolute atomic E-state index is 13.0. The number of halogens is 3. The predicted octanol–water partition coefficient (Wildman–Crippen LogP) is 4.09. The van der Waals surface area contributed by atoms with Gasteiger partial charge in [-0.05, 0) is 18.8 Å². The van der Waals surface area contributed by atoms with Gasteiger partial charge in [0, 0.05) is 23.9 Å². The van der Waals surface area contributed by atoms with Gasteiger partial charge in [0.15, 0.2) is 17.5 Å². The van der Waals surface area contributed by atoms with E-state index in [0.29, 0.717) is 11.6 Å².